The number of carbonyl (C=O) groups excluding carboxylic acids is 1. The van der Waals surface area contributed by atoms with Crippen LogP contribution in [-0.4, -0.2) is 20.4 Å². The molecule has 3 aromatic rings. The molecule has 6 nitrogen and oxygen atoms in total. The maximum absolute atomic E-state index is 12.7. The molecule has 0 bridgehead atoms. The van der Waals surface area contributed by atoms with Crippen LogP contribution in [0.5, 0.6) is 5.75 Å². The molecule has 0 aromatic heterocycles. The summed E-state index contributed by atoms with van der Waals surface area (Å²) in [6.07, 6.45) is 1.00. The molecular formula is C25H28N2O4S. The number of nitrogens with one attached hydrogen (secondary N) is 2. The predicted octanol–water partition coefficient (Wildman–Crippen LogP) is 5.53. The highest BCUT2D eigenvalue weighted by molar-refractivity contribution is 7.92. The normalized spacial score (nSPS) is 12.1. The number of rotatable bonds is 8. The van der Waals surface area contributed by atoms with Crippen molar-refractivity contribution in [2.75, 3.05) is 10.0 Å². The van der Waals surface area contributed by atoms with Gasteiger partial charge in [0.2, 0.25) is 0 Å². The van der Waals surface area contributed by atoms with E-state index in [4.69, 9.17) is 4.74 Å². The minimum Gasteiger partial charge on any atom is -0.491 e. The summed E-state index contributed by atoms with van der Waals surface area (Å²) in [5.74, 6) is 0.422. The molecule has 0 spiro atoms. The number of sulfonamides is 1. The van der Waals surface area contributed by atoms with Gasteiger partial charge in [-0.2, -0.15) is 0 Å². The van der Waals surface area contributed by atoms with Crippen molar-refractivity contribution in [2.24, 2.45) is 0 Å². The van der Waals surface area contributed by atoms with E-state index in [0.29, 0.717) is 22.7 Å². The average Bonchev–Trinajstić information content (AvgIpc) is 2.77. The monoisotopic (exact) mass is 452 g/mol. The van der Waals surface area contributed by atoms with Gasteiger partial charge in [0, 0.05) is 16.9 Å². The van der Waals surface area contributed by atoms with E-state index in [1.54, 1.807) is 48.5 Å². The van der Waals surface area contributed by atoms with Crippen LogP contribution in [0.15, 0.2) is 71.6 Å². The highest BCUT2D eigenvalue weighted by Crippen LogP contribution is 2.21. The van der Waals surface area contributed by atoms with E-state index in [1.807, 2.05) is 33.8 Å². The minimum absolute atomic E-state index is 0.106. The second-order valence-electron chi connectivity index (χ2n) is 7.74. The van der Waals surface area contributed by atoms with Crippen molar-refractivity contribution in [1.29, 1.82) is 0 Å². The number of aryl methyl sites for hydroxylation is 2. The van der Waals surface area contributed by atoms with Gasteiger partial charge in [-0.3, -0.25) is 9.52 Å². The summed E-state index contributed by atoms with van der Waals surface area (Å²) >= 11 is 0. The number of ether oxygens (including phenoxy) is 1. The third-order valence-electron chi connectivity index (χ3n) is 5.21. The summed E-state index contributed by atoms with van der Waals surface area (Å²) in [6, 6.07) is 18.3. The number of anilines is 2. The molecule has 1 atom stereocenters. The van der Waals surface area contributed by atoms with Gasteiger partial charge in [0.05, 0.1) is 11.0 Å². The first-order chi connectivity index (χ1) is 15.2. The van der Waals surface area contributed by atoms with Gasteiger partial charge in [-0.25, -0.2) is 8.42 Å². The third-order valence-corrected chi connectivity index (χ3v) is 6.61. The Hall–Kier alpha value is -3.32. The molecular weight excluding hydrogens is 424 g/mol. The largest absolute Gasteiger partial charge is 0.491 e. The molecule has 0 saturated heterocycles. The van der Waals surface area contributed by atoms with Crippen molar-refractivity contribution in [3.05, 3.63) is 83.4 Å². The molecule has 168 valence electrons. The Morgan fingerprint density at radius 2 is 1.53 bits per heavy atom. The fourth-order valence-corrected chi connectivity index (χ4v) is 3.99. The molecule has 2 N–H and O–H groups in total. The number of hydrogen-bond acceptors (Lipinski definition) is 4. The van der Waals surface area contributed by atoms with Gasteiger partial charge in [0.25, 0.3) is 15.9 Å². The zero-order chi connectivity index (χ0) is 23.3. The molecule has 0 fully saturated rings. The van der Waals surface area contributed by atoms with Gasteiger partial charge < -0.3 is 10.1 Å². The second kappa shape index (κ2) is 9.87. The zero-order valence-electron chi connectivity index (χ0n) is 18.7. The molecule has 3 aromatic carbocycles. The lowest BCUT2D eigenvalue weighted by atomic mass is 10.1. The van der Waals surface area contributed by atoms with Crippen LogP contribution in [0.25, 0.3) is 0 Å². The van der Waals surface area contributed by atoms with Crippen molar-refractivity contribution in [1.82, 2.24) is 0 Å². The average molecular weight is 453 g/mol. The van der Waals surface area contributed by atoms with Crippen molar-refractivity contribution in [3.63, 3.8) is 0 Å². The van der Waals surface area contributed by atoms with Crippen molar-refractivity contribution in [3.8, 4) is 5.75 Å². The number of benzene rings is 3. The van der Waals surface area contributed by atoms with E-state index in [2.05, 4.69) is 10.0 Å². The predicted molar refractivity (Wildman–Crippen MR) is 128 cm³/mol. The fourth-order valence-electron chi connectivity index (χ4n) is 2.94. The van der Waals surface area contributed by atoms with Crippen molar-refractivity contribution in [2.45, 2.75) is 45.1 Å². The van der Waals surface area contributed by atoms with E-state index >= 15 is 0 Å². The molecule has 3 rings (SSSR count). The van der Waals surface area contributed by atoms with Gasteiger partial charge in [-0.15, -0.1) is 0 Å². The number of amides is 1. The van der Waals surface area contributed by atoms with Gasteiger partial charge in [-0.05, 0) is 99.0 Å². The summed E-state index contributed by atoms with van der Waals surface area (Å²) in [5.41, 5.74) is 3.58. The molecule has 1 amide bonds. The molecule has 0 heterocycles. The minimum atomic E-state index is -3.73. The van der Waals surface area contributed by atoms with Gasteiger partial charge in [-0.1, -0.05) is 13.0 Å². The van der Waals surface area contributed by atoms with Crippen LogP contribution in [0.3, 0.4) is 0 Å². The molecule has 0 aliphatic rings. The second-order valence-corrected chi connectivity index (χ2v) is 9.43. The molecule has 0 radical (unpaired) electrons. The Morgan fingerprint density at radius 3 is 2.12 bits per heavy atom. The number of hydrogen-bond donors (Lipinski definition) is 2. The molecule has 32 heavy (non-hydrogen) atoms. The maximum atomic E-state index is 12.7. The molecule has 0 aliphatic carbocycles. The van der Waals surface area contributed by atoms with Gasteiger partial charge in [0.15, 0.2) is 0 Å². The van der Waals surface area contributed by atoms with Crippen LogP contribution in [-0.2, 0) is 10.0 Å². The molecule has 0 saturated carbocycles. The Balaban J connectivity index is 1.65. The van der Waals surface area contributed by atoms with Crippen molar-refractivity contribution < 1.29 is 17.9 Å². The first kappa shape index (κ1) is 23.3. The van der Waals surface area contributed by atoms with Gasteiger partial charge in [0.1, 0.15) is 5.75 Å². The van der Waals surface area contributed by atoms with E-state index in [-0.39, 0.29) is 16.9 Å². The fraction of sp³-hybridized carbons (Fsp3) is 0.240. The third kappa shape index (κ3) is 5.88. The maximum Gasteiger partial charge on any atom is 0.261 e. The zero-order valence-corrected chi connectivity index (χ0v) is 19.5. The summed E-state index contributed by atoms with van der Waals surface area (Å²) in [4.78, 5) is 12.6. The topological polar surface area (TPSA) is 84.5 Å². The summed E-state index contributed by atoms with van der Waals surface area (Å²) in [5, 5.41) is 2.78. The summed E-state index contributed by atoms with van der Waals surface area (Å²) in [7, 11) is -3.73. The van der Waals surface area contributed by atoms with Crippen LogP contribution >= 0.6 is 0 Å². The lowest BCUT2D eigenvalue weighted by molar-refractivity contribution is 0.102. The van der Waals surface area contributed by atoms with Crippen LogP contribution in [0.4, 0.5) is 11.4 Å². The molecule has 7 heteroatoms. The Labute approximate surface area is 189 Å². The molecule has 0 aliphatic heterocycles. The summed E-state index contributed by atoms with van der Waals surface area (Å²) < 4.78 is 33.7. The summed E-state index contributed by atoms with van der Waals surface area (Å²) in [6.45, 7) is 7.93. The van der Waals surface area contributed by atoms with Crippen LogP contribution < -0.4 is 14.8 Å². The Morgan fingerprint density at radius 1 is 0.906 bits per heavy atom. The SMILES string of the molecule is CCC(C)Oc1ccc(C(=O)Nc2ccc(S(=O)(=O)Nc3ccc(C)c(C)c3)cc2)cc1. The van der Waals surface area contributed by atoms with Crippen LogP contribution in [0.2, 0.25) is 0 Å². The first-order valence-corrected chi connectivity index (χ1v) is 11.9. The van der Waals surface area contributed by atoms with Crippen molar-refractivity contribution >= 4 is 27.3 Å². The Kier molecular flexibility index (Phi) is 7.20. The van der Waals surface area contributed by atoms with E-state index in [9.17, 15) is 13.2 Å². The molecule has 1 unspecified atom stereocenters. The number of carbonyl (C=O) groups is 1. The van der Waals surface area contributed by atoms with Crippen LogP contribution in [0, 0.1) is 13.8 Å². The van der Waals surface area contributed by atoms with E-state index in [1.165, 1.54) is 12.1 Å². The highest BCUT2D eigenvalue weighted by atomic mass is 32.2. The van der Waals surface area contributed by atoms with Crippen LogP contribution in [0.1, 0.15) is 41.8 Å². The lowest BCUT2D eigenvalue weighted by Gasteiger charge is -2.13. The standard InChI is InChI=1S/C25H28N2O4S/c1-5-19(4)31-23-12-7-20(8-13-23)25(28)26-21-10-14-24(15-11-21)32(29,30)27-22-9-6-17(2)18(3)16-22/h6-16,19,27H,5H2,1-4H3,(H,26,28). The quantitative estimate of drug-likeness (QED) is 0.470. The lowest BCUT2D eigenvalue weighted by Crippen LogP contribution is -2.14. The Bertz CT molecular complexity index is 1190. The first-order valence-electron chi connectivity index (χ1n) is 10.5. The highest BCUT2D eigenvalue weighted by Gasteiger charge is 2.15. The smallest absolute Gasteiger partial charge is 0.261 e. The van der Waals surface area contributed by atoms with E-state index in [0.717, 1.165) is 17.5 Å². The van der Waals surface area contributed by atoms with E-state index < -0.39 is 10.0 Å². The van der Waals surface area contributed by atoms with Gasteiger partial charge >= 0.3 is 0 Å².